The van der Waals surface area contributed by atoms with Crippen LogP contribution in [0.2, 0.25) is 0 Å². The summed E-state index contributed by atoms with van der Waals surface area (Å²) < 4.78 is 31.6. The predicted molar refractivity (Wildman–Crippen MR) is 64.1 cm³/mol. The second kappa shape index (κ2) is 4.94. The van der Waals surface area contributed by atoms with Gasteiger partial charge in [0.2, 0.25) is 0 Å². The van der Waals surface area contributed by atoms with Crippen LogP contribution in [0.25, 0.3) is 0 Å². The van der Waals surface area contributed by atoms with E-state index in [0.717, 1.165) is 18.9 Å². The van der Waals surface area contributed by atoms with E-state index >= 15 is 0 Å². The molecule has 4 heteroatoms. The lowest BCUT2D eigenvalue weighted by Crippen LogP contribution is -2.41. The van der Waals surface area contributed by atoms with E-state index in [2.05, 4.69) is 5.32 Å². The molecule has 2 heterocycles. The first kappa shape index (κ1) is 12.1. The van der Waals surface area contributed by atoms with Gasteiger partial charge in [-0.05, 0) is 43.4 Å². The van der Waals surface area contributed by atoms with E-state index in [0.29, 0.717) is 24.3 Å². The monoisotopic (exact) mass is 253 g/mol. The van der Waals surface area contributed by atoms with Crippen LogP contribution in [0.15, 0.2) is 18.2 Å². The molecule has 0 amide bonds. The summed E-state index contributed by atoms with van der Waals surface area (Å²) in [4.78, 5) is 0. The van der Waals surface area contributed by atoms with Gasteiger partial charge < -0.3 is 10.1 Å². The summed E-state index contributed by atoms with van der Waals surface area (Å²) in [6, 6.07) is 5.11. The number of hydrogen-bond acceptors (Lipinski definition) is 2. The molecule has 2 unspecified atom stereocenters. The molecule has 2 aliphatic rings. The quantitative estimate of drug-likeness (QED) is 0.894. The number of fused-ring (bicyclic) bond motifs is 2. The second-order valence-corrected chi connectivity index (χ2v) is 5.29. The zero-order chi connectivity index (χ0) is 12.5. The fraction of sp³-hybridized carbons (Fsp3) is 0.571. The molecule has 1 aromatic rings. The first-order valence-electron chi connectivity index (χ1n) is 6.52. The summed E-state index contributed by atoms with van der Waals surface area (Å²) >= 11 is 0. The third kappa shape index (κ3) is 2.54. The number of halogens is 2. The van der Waals surface area contributed by atoms with Gasteiger partial charge in [-0.1, -0.05) is 6.07 Å². The van der Waals surface area contributed by atoms with Crippen molar-refractivity contribution in [3.63, 3.8) is 0 Å². The standard InChI is InChI=1S/C14H17F2NO/c15-13-4-1-9(5-14(13)16)8-18-12-6-10-2-3-11(7-12)17-10/h1,4-5,10-12,17H,2-3,6-8H2. The Bertz CT molecular complexity index is 426. The van der Waals surface area contributed by atoms with E-state index in [4.69, 9.17) is 4.74 Å². The zero-order valence-electron chi connectivity index (χ0n) is 10.2. The van der Waals surface area contributed by atoms with E-state index < -0.39 is 11.6 Å². The molecule has 2 bridgehead atoms. The Labute approximate surface area is 105 Å². The van der Waals surface area contributed by atoms with Gasteiger partial charge in [-0.15, -0.1) is 0 Å². The van der Waals surface area contributed by atoms with E-state index in [-0.39, 0.29) is 6.10 Å². The van der Waals surface area contributed by atoms with Gasteiger partial charge in [0.15, 0.2) is 11.6 Å². The molecule has 98 valence electrons. The average molecular weight is 253 g/mol. The Morgan fingerprint density at radius 2 is 1.83 bits per heavy atom. The summed E-state index contributed by atoms with van der Waals surface area (Å²) in [5, 5.41) is 3.55. The molecule has 1 N–H and O–H groups in total. The molecule has 2 nitrogen and oxygen atoms in total. The molecule has 3 rings (SSSR count). The smallest absolute Gasteiger partial charge is 0.159 e. The van der Waals surface area contributed by atoms with Crippen LogP contribution in [0.3, 0.4) is 0 Å². The van der Waals surface area contributed by atoms with Crippen molar-refractivity contribution in [2.24, 2.45) is 0 Å². The summed E-state index contributed by atoms with van der Waals surface area (Å²) in [6.07, 6.45) is 4.77. The van der Waals surface area contributed by atoms with E-state index in [1.165, 1.54) is 18.9 Å². The highest BCUT2D eigenvalue weighted by Gasteiger charge is 2.33. The van der Waals surface area contributed by atoms with Gasteiger partial charge in [0.1, 0.15) is 0 Å². The van der Waals surface area contributed by atoms with Gasteiger partial charge in [-0.2, -0.15) is 0 Å². The fourth-order valence-corrected chi connectivity index (χ4v) is 2.98. The van der Waals surface area contributed by atoms with Crippen LogP contribution in [0.1, 0.15) is 31.2 Å². The Kier molecular flexibility index (Phi) is 3.31. The van der Waals surface area contributed by atoms with Gasteiger partial charge in [0.05, 0.1) is 12.7 Å². The van der Waals surface area contributed by atoms with Gasteiger partial charge in [-0.3, -0.25) is 0 Å². The molecule has 2 aliphatic heterocycles. The topological polar surface area (TPSA) is 21.3 Å². The van der Waals surface area contributed by atoms with Crippen molar-refractivity contribution in [2.75, 3.05) is 0 Å². The van der Waals surface area contributed by atoms with E-state index in [9.17, 15) is 8.78 Å². The molecule has 0 radical (unpaired) electrons. The Morgan fingerprint density at radius 1 is 1.11 bits per heavy atom. The van der Waals surface area contributed by atoms with Crippen LogP contribution in [0, 0.1) is 11.6 Å². The Morgan fingerprint density at radius 3 is 2.50 bits per heavy atom. The Balaban J connectivity index is 1.56. The highest BCUT2D eigenvalue weighted by Crippen LogP contribution is 2.29. The van der Waals surface area contributed by atoms with Crippen LogP contribution >= 0.6 is 0 Å². The molecular weight excluding hydrogens is 236 g/mol. The normalized spacial score (nSPS) is 30.7. The van der Waals surface area contributed by atoms with Crippen LogP contribution in [-0.4, -0.2) is 18.2 Å². The lowest BCUT2D eigenvalue weighted by Gasteiger charge is -2.29. The minimum absolute atomic E-state index is 0.247. The van der Waals surface area contributed by atoms with Gasteiger partial charge in [0, 0.05) is 12.1 Å². The Hall–Kier alpha value is -1.00. The summed E-state index contributed by atoms with van der Waals surface area (Å²) in [5.74, 6) is -1.61. The minimum Gasteiger partial charge on any atom is -0.373 e. The van der Waals surface area contributed by atoms with Gasteiger partial charge >= 0.3 is 0 Å². The predicted octanol–water partition coefficient (Wildman–Crippen LogP) is 2.76. The summed E-state index contributed by atoms with van der Waals surface area (Å²) in [6.45, 7) is 0.362. The van der Waals surface area contributed by atoms with E-state index in [1.54, 1.807) is 6.07 Å². The molecule has 2 saturated heterocycles. The number of piperidine rings is 1. The number of hydrogen-bond donors (Lipinski definition) is 1. The zero-order valence-corrected chi connectivity index (χ0v) is 10.2. The molecule has 18 heavy (non-hydrogen) atoms. The third-order valence-electron chi connectivity index (χ3n) is 3.90. The number of benzene rings is 1. The van der Waals surface area contributed by atoms with Crippen LogP contribution < -0.4 is 5.32 Å². The van der Waals surface area contributed by atoms with Crippen molar-refractivity contribution in [3.8, 4) is 0 Å². The molecule has 0 aliphatic carbocycles. The van der Waals surface area contributed by atoms with Crippen molar-refractivity contribution in [1.82, 2.24) is 5.32 Å². The number of nitrogens with one attached hydrogen (secondary N) is 1. The maximum absolute atomic E-state index is 13.0. The van der Waals surface area contributed by atoms with Crippen molar-refractivity contribution in [2.45, 2.75) is 50.5 Å². The highest BCUT2D eigenvalue weighted by molar-refractivity contribution is 5.16. The maximum atomic E-state index is 13.0. The maximum Gasteiger partial charge on any atom is 0.159 e. The first-order valence-corrected chi connectivity index (χ1v) is 6.52. The summed E-state index contributed by atoms with van der Waals surface area (Å²) in [7, 11) is 0. The van der Waals surface area contributed by atoms with Gasteiger partial charge in [0.25, 0.3) is 0 Å². The third-order valence-corrected chi connectivity index (χ3v) is 3.90. The molecule has 0 spiro atoms. The minimum atomic E-state index is -0.807. The summed E-state index contributed by atoms with van der Waals surface area (Å²) in [5.41, 5.74) is 0.694. The van der Waals surface area contributed by atoms with Crippen LogP contribution in [-0.2, 0) is 11.3 Å². The molecule has 0 saturated carbocycles. The van der Waals surface area contributed by atoms with Crippen molar-refractivity contribution >= 4 is 0 Å². The lowest BCUT2D eigenvalue weighted by molar-refractivity contribution is 0.00904. The lowest BCUT2D eigenvalue weighted by atomic mass is 10.0. The SMILES string of the molecule is Fc1ccc(COC2CC3CCC(C2)N3)cc1F. The number of rotatable bonds is 3. The molecule has 2 fully saturated rings. The largest absolute Gasteiger partial charge is 0.373 e. The average Bonchev–Trinajstić information content (AvgIpc) is 2.70. The van der Waals surface area contributed by atoms with Crippen LogP contribution in [0.5, 0.6) is 0 Å². The molecule has 0 aromatic heterocycles. The van der Waals surface area contributed by atoms with Crippen molar-refractivity contribution in [1.29, 1.82) is 0 Å². The van der Waals surface area contributed by atoms with E-state index in [1.807, 2.05) is 0 Å². The van der Waals surface area contributed by atoms with Gasteiger partial charge in [-0.25, -0.2) is 8.78 Å². The second-order valence-electron chi connectivity index (χ2n) is 5.29. The fourth-order valence-electron chi connectivity index (χ4n) is 2.98. The molecule has 2 atom stereocenters. The first-order chi connectivity index (χ1) is 8.70. The highest BCUT2D eigenvalue weighted by atomic mass is 19.2. The van der Waals surface area contributed by atoms with Crippen molar-refractivity contribution < 1.29 is 13.5 Å². The molecular formula is C14H17F2NO. The van der Waals surface area contributed by atoms with Crippen LogP contribution in [0.4, 0.5) is 8.78 Å². The van der Waals surface area contributed by atoms with Crippen molar-refractivity contribution in [3.05, 3.63) is 35.4 Å². The molecule has 1 aromatic carbocycles. The number of ether oxygens (including phenoxy) is 1.